The lowest BCUT2D eigenvalue weighted by molar-refractivity contribution is 1.16. The van der Waals surface area contributed by atoms with Gasteiger partial charge in [-0.1, -0.05) is 36.2 Å². The zero-order valence-corrected chi connectivity index (χ0v) is 9.43. The van der Waals surface area contributed by atoms with Gasteiger partial charge in [-0.2, -0.15) is 0 Å². The average Bonchev–Trinajstić information content (AvgIpc) is 2.51. The summed E-state index contributed by atoms with van der Waals surface area (Å²) in [5, 5.41) is 4.68. The number of halogens is 2. The topological polar surface area (TPSA) is 0 Å². The number of rotatable bonds is 1. The van der Waals surface area contributed by atoms with Crippen LogP contribution in [-0.2, 0) is 6.42 Å². The maximum absolute atomic E-state index is 6.08. The number of fused-ring (bicyclic) bond motifs is 1. The lowest BCUT2D eigenvalue weighted by Crippen LogP contribution is -1.80. The third-order valence-electron chi connectivity index (χ3n) is 2.10. The molecule has 13 heavy (non-hydrogen) atoms. The zero-order valence-electron chi connectivity index (χ0n) is 7.10. The third kappa shape index (κ3) is 1.45. The molecule has 0 aliphatic carbocycles. The summed E-state index contributed by atoms with van der Waals surface area (Å²) in [6, 6.07) is 3.98. The van der Waals surface area contributed by atoms with Gasteiger partial charge in [0.15, 0.2) is 0 Å². The van der Waals surface area contributed by atoms with Crippen molar-refractivity contribution in [1.82, 2.24) is 0 Å². The molecule has 0 saturated heterocycles. The molecular weight excluding hydrogens is 223 g/mol. The van der Waals surface area contributed by atoms with E-state index in [1.165, 1.54) is 5.56 Å². The average molecular weight is 231 g/mol. The number of thiophene rings is 1. The molecule has 0 unspecified atom stereocenters. The van der Waals surface area contributed by atoms with Crippen molar-refractivity contribution >= 4 is 44.6 Å². The molecule has 0 N–H and O–H groups in total. The van der Waals surface area contributed by atoms with Crippen molar-refractivity contribution in [3.63, 3.8) is 0 Å². The summed E-state index contributed by atoms with van der Waals surface area (Å²) in [5.41, 5.74) is 1.27. The van der Waals surface area contributed by atoms with Crippen LogP contribution in [0.3, 0.4) is 0 Å². The standard InChI is InChI=1S/C10H8Cl2S/c1-2-6-3-4-7(11)10-9(6)8(12)5-13-10/h3-5H,2H2,1H3. The first-order valence-corrected chi connectivity index (χ1v) is 5.71. The molecular formula is C10H8Cl2S. The molecule has 2 aromatic rings. The fourth-order valence-corrected chi connectivity index (χ4v) is 3.01. The lowest BCUT2D eigenvalue weighted by atomic mass is 10.1. The summed E-state index contributed by atoms with van der Waals surface area (Å²) in [6.07, 6.45) is 0.990. The molecule has 1 aromatic heterocycles. The minimum absolute atomic E-state index is 0.795. The molecule has 0 saturated carbocycles. The monoisotopic (exact) mass is 230 g/mol. The molecule has 1 heterocycles. The summed E-state index contributed by atoms with van der Waals surface area (Å²) < 4.78 is 1.10. The van der Waals surface area contributed by atoms with Crippen molar-refractivity contribution in [2.24, 2.45) is 0 Å². The van der Waals surface area contributed by atoms with Gasteiger partial charge < -0.3 is 0 Å². The third-order valence-corrected chi connectivity index (χ3v) is 3.96. The molecule has 0 amide bonds. The fourth-order valence-electron chi connectivity index (χ4n) is 1.44. The number of hydrogen-bond acceptors (Lipinski definition) is 1. The van der Waals surface area contributed by atoms with Gasteiger partial charge >= 0.3 is 0 Å². The highest BCUT2D eigenvalue weighted by molar-refractivity contribution is 7.18. The zero-order chi connectivity index (χ0) is 9.42. The molecule has 1 aromatic carbocycles. The Morgan fingerprint density at radius 1 is 1.23 bits per heavy atom. The van der Waals surface area contributed by atoms with E-state index in [0.29, 0.717) is 0 Å². The van der Waals surface area contributed by atoms with Crippen molar-refractivity contribution in [3.05, 3.63) is 33.1 Å². The van der Waals surface area contributed by atoms with Crippen LogP contribution in [0.4, 0.5) is 0 Å². The second kappa shape index (κ2) is 3.49. The van der Waals surface area contributed by atoms with Gasteiger partial charge in [0.25, 0.3) is 0 Å². The van der Waals surface area contributed by atoms with Crippen LogP contribution in [0.1, 0.15) is 12.5 Å². The molecule has 0 radical (unpaired) electrons. The highest BCUT2D eigenvalue weighted by atomic mass is 35.5. The molecule has 0 aliphatic rings. The van der Waals surface area contributed by atoms with E-state index < -0.39 is 0 Å². The molecule has 68 valence electrons. The quantitative estimate of drug-likeness (QED) is 0.663. The van der Waals surface area contributed by atoms with Gasteiger partial charge in [0, 0.05) is 10.8 Å². The van der Waals surface area contributed by atoms with E-state index in [1.807, 2.05) is 17.5 Å². The summed E-state index contributed by atoms with van der Waals surface area (Å²) in [7, 11) is 0. The Labute approximate surface area is 91.1 Å². The van der Waals surface area contributed by atoms with E-state index >= 15 is 0 Å². The van der Waals surface area contributed by atoms with Gasteiger partial charge in [0.2, 0.25) is 0 Å². The highest BCUT2D eigenvalue weighted by Crippen LogP contribution is 2.37. The van der Waals surface area contributed by atoms with Gasteiger partial charge in [-0.3, -0.25) is 0 Å². The smallest absolute Gasteiger partial charge is 0.0595 e. The van der Waals surface area contributed by atoms with Crippen molar-refractivity contribution < 1.29 is 0 Å². The van der Waals surface area contributed by atoms with Crippen LogP contribution in [0, 0.1) is 0 Å². The van der Waals surface area contributed by atoms with Gasteiger partial charge in [0.1, 0.15) is 0 Å². The summed E-state index contributed by atoms with van der Waals surface area (Å²) in [6.45, 7) is 2.12. The van der Waals surface area contributed by atoms with Crippen LogP contribution in [0.5, 0.6) is 0 Å². The van der Waals surface area contributed by atoms with E-state index in [4.69, 9.17) is 23.2 Å². The Bertz CT molecular complexity index is 445. The second-order valence-corrected chi connectivity index (χ2v) is 4.54. The maximum Gasteiger partial charge on any atom is 0.0595 e. The largest absolute Gasteiger partial charge is 0.141 e. The summed E-state index contributed by atoms with van der Waals surface area (Å²) in [5.74, 6) is 0. The minimum atomic E-state index is 0.795. The van der Waals surface area contributed by atoms with Gasteiger partial charge in [-0.15, -0.1) is 11.3 Å². The first-order chi connectivity index (χ1) is 6.24. The molecule has 0 aliphatic heterocycles. The van der Waals surface area contributed by atoms with E-state index in [-0.39, 0.29) is 0 Å². The van der Waals surface area contributed by atoms with Crippen molar-refractivity contribution in [3.8, 4) is 0 Å². The van der Waals surface area contributed by atoms with Crippen LogP contribution in [0.15, 0.2) is 17.5 Å². The number of benzene rings is 1. The molecule has 0 fully saturated rings. The molecule has 0 nitrogen and oxygen atoms in total. The summed E-state index contributed by atoms with van der Waals surface area (Å²) in [4.78, 5) is 0. The summed E-state index contributed by atoms with van der Waals surface area (Å²) >= 11 is 13.7. The van der Waals surface area contributed by atoms with Crippen LogP contribution in [0.2, 0.25) is 10.0 Å². The Morgan fingerprint density at radius 2 is 2.00 bits per heavy atom. The maximum atomic E-state index is 6.08. The van der Waals surface area contributed by atoms with E-state index in [1.54, 1.807) is 11.3 Å². The predicted molar refractivity (Wildman–Crippen MR) is 61.2 cm³/mol. The van der Waals surface area contributed by atoms with Crippen LogP contribution < -0.4 is 0 Å². The molecule has 0 spiro atoms. The molecule has 2 rings (SSSR count). The Morgan fingerprint density at radius 3 is 2.69 bits per heavy atom. The van der Waals surface area contributed by atoms with Gasteiger partial charge in [-0.05, 0) is 18.1 Å². The molecule has 0 bridgehead atoms. The lowest BCUT2D eigenvalue weighted by Gasteiger charge is -2.01. The Balaban J connectivity index is 2.88. The normalized spacial score (nSPS) is 11.0. The van der Waals surface area contributed by atoms with Crippen molar-refractivity contribution in [1.29, 1.82) is 0 Å². The van der Waals surface area contributed by atoms with E-state index in [2.05, 4.69) is 6.92 Å². The second-order valence-electron chi connectivity index (χ2n) is 2.85. The van der Waals surface area contributed by atoms with Crippen molar-refractivity contribution in [2.75, 3.05) is 0 Å². The SMILES string of the molecule is CCc1ccc(Cl)c2scc(Cl)c12. The highest BCUT2D eigenvalue weighted by Gasteiger charge is 2.08. The first-order valence-electron chi connectivity index (χ1n) is 4.08. The van der Waals surface area contributed by atoms with E-state index in [0.717, 1.165) is 26.6 Å². The van der Waals surface area contributed by atoms with Crippen molar-refractivity contribution in [2.45, 2.75) is 13.3 Å². The molecule has 3 heteroatoms. The minimum Gasteiger partial charge on any atom is -0.141 e. The molecule has 0 atom stereocenters. The Hall–Kier alpha value is -0.240. The van der Waals surface area contributed by atoms with Crippen LogP contribution in [0.25, 0.3) is 10.1 Å². The Kier molecular flexibility index (Phi) is 2.50. The van der Waals surface area contributed by atoms with E-state index in [9.17, 15) is 0 Å². The van der Waals surface area contributed by atoms with Crippen LogP contribution in [-0.4, -0.2) is 0 Å². The fraction of sp³-hybridized carbons (Fsp3) is 0.200. The van der Waals surface area contributed by atoms with Crippen LogP contribution >= 0.6 is 34.5 Å². The number of aryl methyl sites for hydroxylation is 1. The first kappa shape index (κ1) is 9.32. The van der Waals surface area contributed by atoms with Gasteiger partial charge in [-0.25, -0.2) is 0 Å². The number of hydrogen-bond donors (Lipinski definition) is 0. The van der Waals surface area contributed by atoms with Gasteiger partial charge in [0.05, 0.1) is 14.7 Å². The predicted octanol–water partition coefficient (Wildman–Crippen LogP) is 4.77.